The number of hydrogen-bond acceptors (Lipinski definition) is 1. The monoisotopic (exact) mass is 157 g/mol. The van der Waals surface area contributed by atoms with Crippen LogP contribution in [0.4, 0.5) is 5.69 Å². The Balaban J connectivity index is 1.92. The lowest BCUT2D eigenvalue weighted by Gasteiger charge is -1.94. The lowest BCUT2D eigenvalue weighted by molar-refractivity contribution is 1.18. The molecule has 0 bridgehead atoms. The van der Waals surface area contributed by atoms with E-state index in [2.05, 4.69) is 17.3 Å². The quantitative estimate of drug-likeness (QED) is 0.487. The Bertz CT molecular complexity index is 301. The van der Waals surface area contributed by atoms with Gasteiger partial charge in [0.2, 0.25) is 0 Å². The molecule has 0 atom stereocenters. The number of anilines is 1. The van der Waals surface area contributed by atoms with Crippen LogP contribution in [-0.4, -0.2) is 0 Å². The summed E-state index contributed by atoms with van der Waals surface area (Å²) < 4.78 is 0. The molecule has 0 radical (unpaired) electrons. The Morgan fingerprint density at radius 3 is 2.58 bits per heavy atom. The summed E-state index contributed by atoms with van der Waals surface area (Å²) in [6.45, 7) is 0. The summed E-state index contributed by atoms with van der Waals surface area (Å²) >= 11 is 0. The topological polar surface area (TPSA) is 12.0 Å². The summed E-state index contributed by atoms with van der Waals surface area (Å²) in [5.41, 5.74) is 1.07. The first-order valence-corrected chi connectivity index (χ1v) is 4.27. The van der Waals surface area contributed by atoms with Gasteiger partial charge in [0.05, 0.1) is 0 Å². The van der Waals surface area contributed by atoms with E-state index in [0.29, 0.717) is 5.92 Å². The highest BCUT2D eigenvalue weighted by molar-refractivity contribution is 5.47. The molecule has 1 aliphatic rings. The molecule has 0 amide bonds. The van der Waals surface area contributed by atoms with Gasteiger partial charge in [0.25, 0.3) is 0 Å². The molecule has 0 aliphatic heterocycles. The van der Waals surface area contributed by atoms with Crippen LogP contribution in [0.1, 0.15) is 12.8 Å². The average molecular weight is 157 g/mol. The summed E-state index contributed by atoms with van der Waals surface area (Å²) in [7, 11) is 0. The van der Waals surface area contributed by atoms with Crippen molar-refractivity contribution in [2.45, 2.75) is 12.8 Å². The van der Waals surface area contributed by atoms with Crippen molar-refractivity contribution in [2.24, 2.45) is 5.92 Å². The SMILES string of the molecule is C(#CC1CC1)Nc1ccccc1. The van der Waals surface area contributed by atoms with Crippen LogP contribution in [0.5, 0.6) is 0 Å². The van der Waals surface area contributed by atoms with Gasteiger partial charge in [-0.25, -0.2) is 0 Å². The van der Waals surface area contributed by atoms with Crippen molar-refractivity contribution in [1.29, 1.82) is 0 Å². The van der Waals surface area contributed by atoms with E-state index in [1.54, 1.807) is 0 Å². The van der Waals surface area contributed by atoms with E-state index in [1.165, 1.54) is 12.8 Å². The fourth-order valence-corrected chi connectivity index (χ4v) is 0.959. The molecular weight excluding hydrogens is 146 g/mol. The second-order valence-corrected chi connectivity index (χ2v) is 3.03. The van der Waals surface area contributed by atoms with E-state index < -0.39 is 0 Å². The molecule has 1 heteroatoms. The third kappa shape index (κ3) is 2.03. The van der Waals surface area contributed by atoms with Gasteiger partial charge < -0.3 is 5.32 Å². The van der Waals surface area contributed by atoms with Crippen LogP contribution in [0.15, 0.2) is 30.3 Å². The number of rotatable bonds is 1. The maximum atomic E-state index is 3.14. The van der Waals surface area contributed by atoms with Gasteiger partial charge in [0.1, 0.15) is 0 Å². The molecule has 0 aromatic heterocycles. The lowest BCUT2D eigenvalue weighted by Crippen LogP contribution is -1.86. The van der Waals surface area contributed by atoms with Crippen molar-refractivity contribution in [2.75, 3.05) is 5.32 Å². The zero-order valence-corrected chi connectivity index (χ0v) is 6.88. The van der Waals surface area contributed by atoms with E-state index in [9.17, 15) is 0 Å². The van der Waals surface area contributed by atoms with Crippen LogP contribution in [0.2, 0.25) is 0 Å². The summed E-state index contributed by atoms with van der Waals surface area (Å²) in [4.78, 5) is 0. The van der Waals surface area contributed by atoms with Gasteiger partial charge in [-0.05, 0) is 25.0 Å². The zero-order valence-electron chi connectivity index (χ0n) is 6.88. The summed E-state index contributed by atoms with van der Waals surface area (Å²) in [6.07, 6.45) is 2.56. The third-order valence-electron chi connectivity index (χ3n) is 1.83. The first kappa shape index (κ1) is 7.24. The Hall–Kier alpha value is -1.42. The fourth-order valence-electron chi connectivity index (χ4n) is 0.959. The van der Waals surface area contributed by atoms with Crippen molar-refractivity contribution < 1.29 is 0 Å². The van der Waals surface area contributed by atoms with Gasteiger partial charge in [-0.2, -0.15) is 0 Å². The minimum absolute atomic E-state index is 0.668. The number of benzene rings is 1. The smallest absolute Gasteiger partial charge is 0.0459 e. The molecule has 0 saturated heterocycles. The molecule has 12 heavy (non-hydrogen) atoms. The molecule has 1 aromatic carbocycles. The zero-order chi connectivity index (χ0) is 8.23. The number of nitrogens with one attached hydrogen (secondary N) is 1. The first-order valence-electron chi connectivity index (χ1n) is 4.27. The maximum Gasteiger partial charge on any atom is 0.0459 e. The van der Waals surface area contributed by atoms with Crippen LogP contribution in [-0.2, 0) is 0 Å². The summed E-state index contributed by atoms with van der Waals surface area (Å²) in [6, 6.07) is 13.0. The van der Waals surface area contributed by atoms with Crippen molar-refractivity contribution >= 4 is 5.69 Å². The van der Waals surface area contributed by atoms with Crippen molar-refractivity contribution in [3.8, 4) is 12.0 Å². The van der Waals surface area contributed by atoms with Crippen molar-refractivity contribution in [1.82, 2.24) is 0 Å². The largest absolute Gasteiger partial charge is 0.315 e. The van der Waals surface area contributed by atoms with E-state index in [0.717, 1.165) is 5.69 Å². The van der Waals surface area contributed by atoms with Gasteiger partial charge >= 0.3 is 0 Å². The van der Waals surface area contributed by atoms with Crippen LogP contribution < -0.4 is 5.32 Å². The van der Waals surface area contributed by atoms with Crippen LogP contribution in [0.25, 0.3) is 0 Å². The van der Waals surface area contributed by atoms with Gasteiger partial charge in [0.15, 0.2) is 0 Å². The summed E-state index contributed by atoms with van der Waals surface area (Å²) in [5.74, 6) is 3.81. The Morgan fingerprint density at radius 1 is 1.17 bits per heavy atom. The Labute approximate surface area is 72.8 Å². The van der Waals surface area contributed by atoms with Crippen LogP contribution in [0, 0.1) is 17.9 Å². The van der Waals surface area contributed by atoms with Crippen molar-refractivity contribution in [3.63, 3.8) is 0 Å². The second kappa shape index (κ2) is 3.32. The van der Waals surface area contributed by atoms with Gasteiger partial charge in [0, 0.05) is 17.6 Å². The van der Waals surface area contributed by atoms with E-state index in [4.69, 9.17) is 0 Å². The van der Waals surface area contributed by atoms with Gasteiger partial charge in [-0.3, -0.25) is 0 Å². The first-order chi connectivity index (χ1) is 5.95. The molecule has 1 nitrogen and oxygen atoms in total. The lowest BCUT2D eigenvalue weighted by atomic mass is 10.3. The molecule has 0 heterocycles. The normalized spacial score (nSPS) is 14.7. The highest BCUT2D eigenvalue weighted by Crippen LogP contribution is 2.27. The number of hydrogen-bond donors (Lipinski definition) is 1. The maximum absolute atomic E-state index is 3.14. The van der Waals surface area contributed by atoms with Crippen molar-refractivity contribution in [3.05, 3.63) is 30.3 Å². The Kier molecular flexibility index (Phi) is 2.00. The molecule has 1 N–H and O–H groups in total. The standard InChI is InChI=1S/C11H11N/c1-2-4-11(5-3-1)12-9-8-10-6-7-10/h1-5,10,12H,6-7H2. The third-order valence-corrected chi connectivity index (χ3v) is 1.83. The Morgan fingerprint density at radius 2 is 1.92 bits per heavy atom. The molecule has 1 aliphatic carbocycles. The molecule has 1 aromatic rings. The van der Waals surface area contributed by atoms with E-state index in [-0.39, 0.29) is 0 Å². The van der Waals surface area contributed by atoms with Crippen LogP contribution >= 0.6 is 0 Å². The highest BCUT2D eigenvalue weighted by Gasteiger charge is 2.17. The predicted octanol–water partition coefficient (Wildman–Crippen LogP) is 2.47. The molecule has 0 spiro atoms. The molecule has 60 valence electrons. The minimum atomic E-state index is 0.668. The number of para-hydroxylation sites is 1. The highest BCUT2D eigenvalue weighted by atomic mass is 14.8. The average Bonchev–Trinajstić information content (AvgIpc) is 2.90. The molecular formula is C11H11N. The van der Waals surface area contributed by atoms with E-state index >= 15 is 0 Å². The second-order valence-electron chi connectivity index (χ2n) is 3.03. The minimum Gasteiger partial charge on any atom is -0.315 e. The van der Waals surface area contributed by atoms with Crippen LogP contribution in [0.3, 0.4) is 0 Å². The molecule has 2 rings (SSSR count). The molecule has 0 unspecified atom stereocenters. The van der Waals surface area contributed by atoms with Gasteiger partial charge in [-0.1, -0.05) is 24.1 Å². The predicted molar refractivity (Wildman–Crippen MR) is 50.6 cm³/mol. The molecule has 1 saturated carbocycles. The molecule has 1 fully saturated rings. The summed E-state index contributed by atoms with van der Waals surface area (Å²) in [5, 5.41) is 3.05. The fraction of sp³-hybridized carbons (Fsp3) is 0.273. The van der Waals surface area contributed by atoms with Gasteiger partial charge in [-0.15, -0.1) is 0 Å². The van der Waals surface area contributed by atoms with E-state index in [1.807, 2.05) is 30.3 Å².